The largest absolute Gasteiger partial charge is 0.347 e. The second kappa shape index (κ2) is 7.36. The Morgan fingerprint density at radius 2 is 2.07 bits per heavy atom. The van der Waals surface area contributed by atoms with Crippen molar-refractivity contribution in [3.63, 3.8) is 0 Å². The minimum atomic E-state index is -0.0347. The molecule has 0 spiro atoms. The van der Waals surface area contributed by atoms with Gasteiger partial charge in [0, 0.05) is 43.0 Å². The lowest BCUT2D eigenvalue weighted by atomic mass is 9.89. The summed E-state index contributed by atoms with van der Waals surface area (Å²) in [6, 6.07) is 4.64. The second-order valence-corrected chi connectivity index (χ2v) is 9.30. The summed E-state index contributed by atoms with van der Waals surface area (Å²) in [6.07, 6.45) is 7.02. The zero-order valence-electron chi connectivity index (χ0n) is 15.6. The maximum atomic E-state index is 12.8. The number of aromatic nitrogens is 3. The summed E-state index contributed by atoms with van der Waals surface area (Å²) < 4.78 is 2.09. The maximum Gasteiger partial charge on any atom is 0.289 e. The number of amides is 1. The summed E-state index contributed by atoms with van der Waals surface area (Å²) in [5.41, 5.74) is 0. The molecule has 2 aliphatic heterocycles. The van der Waals surface area contributed by atoms with Gasteiger partial charge in [0.1, 0.15) is 5.82 Å². The quantitative estimate of drug-likeness (QED) is 0.879. The summed E-state index contributed by atoms with van der Waals surface area (Å²) in [7, 11) is 0. The van der Waals surface area contributed by atoms with Crippen molar-refractivity contribution >= 4 is 17.2 Å². The van der Waals surface area contributed by atoms with E-state index in [0.29, 0.717) is 23.7 Å². The zero-order valence-corrected chi connectivity index (χ0v) is 16.5. The van der Waals surface area contributed by atoms with Crippen LogP contribution in [-0.4, -0.2) is 44.7 Å². The molecule has 1 saturated carbocycles. The van der Waals surface area contributed by atoms with Gasteiger partial charge in [0.15, 0.2) is 0 Å². The molecule has 144 valence electrons. The van der Waals surface area contributed by atoms with Gasteiger partial charge in [-0.25, -0.2) is 0 Å². The zero-order chi connectivity index (χ0) is 18.2. The molecule has 2 aromatic rings. The van der Waals surface area contributed by atoms with Gasteiger partial charge in [-0.2, -0.15) is 0 Å². The molecule has 1 N–H and O–H groups in total. The van der Waals surface area contributed by atoms with Crippen molar-refractivity contribution in [1.82, 2.24) is 25.0 Å². The van der Waals surface area contributed by atoms with E-state index in [1.54, 1.807) is 0 Å². The standard InChI is InChI=1S/C20H27N5OS/c26-20(21-15-5-2-1-3-6-15)19-23-22-18-17-13-24(12-16-7-4-10-27-16)11-14(17)8-9-25(18)19/h4,7,10,14-15,17H,1-3,5-6,8-9,11-13H2,(H,21,26)/t14-,17+/m0/s1. The lowest BCUT2D eigenvalue weighted by Crippen LogP contribution is -2.38. The summed E-state index contributed by atoms with van der Waals surface area (Å²) in [4.78, 5) is 16.7. The molecule has 1 aliphatic carbocycles. The Hall–Kier alpha value is -1.73. The van der Waals surface area contributed by atoms with E-state index in [4.69, 9.17) is 0 Å². The minimum absolute atomic E-state index is 0.0347. The van der Waals surface area contributed by atoms with E-state index in [9.17, 15) is 4.79 Å². The molecule has 3 aliphatic rings. The molecule has 1 saturated heterocycles. The second-order valence-electron chi connectivity index (χ2n) is 8.27. The molecule has 2 fully saturated rings. The van der Waals surface area contributed by atoms with Crippen molar-refractivity contribution in [2.45, 2.75) is 63.6 Å². The van der Waals surface area contributed by atoms with Crippen LogP contribution < -0.4 is 5.32 Å². The van der Waals surface area contributed by atoms with Gasteiger partial charge in [0.2, 0.25) is 5.82 Å². The molecule has 27 heavy (non-hydrogen) atoms. The first kappa shape index (κ1) is 17.4. The molecule has 4 heterocycles. The van der Waals surface area contributed by atoms with Crippen molar-refractivity contribution < 1.29 is 4.79 Å². The first-order valence-electron chi connectivity index (χ1n) is 10.3. The van der Waals surface area contributed by atoms with Crippen molar-refractivity contribution in [2.75, 3.05) is 13.1 Å². The lowest BCUT2D eigenvalue weighted by molar-refractivity contribution is 0.0910. The van der Waals surface area contributed by atoms with Crippen LogP contribution in [0.2, 0.25) is 0 Å². The number of thiophene rings is 1. The third kappa shape index (κ3) is 3.43. The summed E-state index contributed by atoms with van der Waals surface area (Å²) >= 11 is 1.83. The number of hydrogen-bond acceptors (Lipinski definition) is 5. The Kier molecular flexibility index (Phi) is 4.73. The fourth-order valence-corrected chi connectivity index (χ4v) is 5.81. The topological polar surface area (TPSA) is 63.1 Å². The Morgan fingerprint density at radius 1 is 1.19 bits per heavy atom. The minimum Gasteiger partial charge on any atom is -0.347 e. The SMILES string of the molecule is O=C(NC1CCCCC1)c1nnc2n1CC[C@H]1CN(Cc3cccs3)C[C@@H]21. The fourth-order valence-electron chi connectivity index (χ4n) is 5.07. The third-order valence-corrected chi connectivity index (χ3v) is 7.32. The molecule has 0 bridgehead atoms. The van der Waals surface area contributed by atoms with Crippen LogP contribution in [0.25, 0.3) is 0 Å². The van der Waals surface area contributed by atoms with Crippen LogP contribution in [0.3, 0.4) is 0 Å². The van der Waals surface area contributed by atoms with Gasteiger partial charge >= 0.3 is 0 Å². The van der Waals surface area contributed by atoms with E-state index in [1.165, 1.54) is 24.1 Å². The number of hydrogen-bond donors (Lipinski definition) is 1. The molecule has 0 aromatic carbocycles. The molecule has 0 unspecified atom stereocenters. The van der Waals surface area contributed by atoms with Gasteiger partial charge in [0.05, 0.1) is 0 Å². The highest BCUT2D eigenvalue weighted by atomic mass is 32.1. The van der Waals surface area contributed by atoms with Crippen LogP contribution in [0.4, 0.5) is 0 Å². The highest BCUT2D eigenvalue weighted by molar-refractivity contribution is 7.09. The van der Waals surface area contributed by atoms with Gasteiger partial charge < -0.3 is 9.88 Å². The molecule has 6 nitrogen and oxygen atoms in total. The summed E-state index contributed by atoms with van der Waals surface area (Å²) in [5.74, 6) is 2.55. The number of rotatable bonds is 4. The van der Waals surface area contributed by atoms with Gasteiger partial charge in [-0.15, -0.1) is 21.5 Å². The maximum absolute atomic E-state index is 12.8. The van der Waals surface area contributed by atoms with Gasteiger partial charge in [-0.05, 0) is 36.6 Å². The third-order valence-electron chi connectivity index (χ3n) is 6.45. The predicted octanol–water partition coefficient (Wildman–Crippen LogP) is 3.02. The van der Waals surface area contributed by atoms with E-state index in [-0.39, 0.29) is 5.91 Å². The molecule has 0 radical (unpaired) electrons. The number of fused-ring (bicyclic) bond motifs is 3. The smallest absolute Gasteiger partial charge is 0.289 e. The number of likely N-dealkylation sites (tertiary alicyclic amines) is 1. The Bertz CT molecular complexity index is 795. The number of nitrogens with one attached hydrogen (secondary N) is 1. The Morgan fingerprint density at radius 3 is 2.89 bits per heavy atom. The van der Waals surface area contributed by atoms with Crippen LogP contribution in [0.1, 0.15) is 65.8 Å². The van der Waals surface area contributed by atoms with Gasteiger partial charge in [-0.3, -0.25) is 9.69 Å². The fraction of sp³-hybridized carbons (Fsp3) is 0.650. The van der Waals surface area contributed by atoms with E-state index in [2.05, 4.69) is 42.5 Å². The van der Waals surface area contributed by atoms with Crippen LogP contribution in [-0.2, 0) is 13.1 Å². The normalized spacial score (nSPS) is 25.9. The van der Waals surface area contributed by atoms with E-state index in [0.717, 1.165) is 51.3 Å². The number of nitrogens with zero attached hydrogens (tertiary/aromatic N) is 4. The first-order chi connectivity index (χ1) is 13.3. The average Bonchev–Trinajstić information content (AvgIpc) is 3.41. The van der Waals surface area contributed by atoms with Crippen LogP contribution >= 0.6 is 11.3 Å². The van der Waals surface area contributed by atoms with E-state index in [1.807, 2.05) is 11.3 Å². The average molecular weight is 386 g/mol. The van der Waals surface area contributed by atoms with Crippen molar-refractivity contribution in [3.8, 4) is 0 Å². The Labute approximate surface area is 164 Å². The molecule has 2 atom stereocenters. The molecule has 2 aromatic heterocycles. The highest BCUT2D eigenvalue weighted by Gasteiger charge is 2.40. The lowest BCUT2D eigenvalue weighted by Gasteiger charge is -2.26. The van der Waals surface area contributed by atoms with E-state index < -0.39 is 0 Å². The van der Waals surface area contributed by atoms with Crippen LogP contribution in [0.5, 0.6) is 0 Å². The van der Waals surface area contributed by atoms with Crippen molar-refractivity contribution in [2.24, 2.45) is 5.92 Å². The van der Waals surface area contributed by atoms with E-state index >= 15 is 0 Å². The monoisotopic (exact) mass is 385 g/mol. The van der Waals surface area contributed by atoms with Gasteiger partial charge in [-0.1, -0.05) is 25.3 Å². The first-order valence-corrected chi connectivity index (χ1v) is 11.1. The molecular formula is C20H27N5OS. The molecule has 1 amide bonds. The summed E-state index contributed by atoms with van der Waals surface area (Å²) in [5, 5.41) is 14.1. The predicted molar refractivity (Wildman–Crippen MR) is 105 cm³/mol. The summed E-state index contributed by atoms with van der Waals surface area (Å²) in [6.45, 7) is 4.03. The number of carbonyl (C=O) groups is 1. The molecule has 5 rings (SSSR count). The number of carbonyl (C=O) groups excluding carboxylic acids is 1. The van der Waals surface area contributed by atoms with Crippen LogP contribution in [0, 0.1) is 5.92 Å². The Balaban J connectivity index is 1.29. The van der Waals surface area contributed by atoms with Crippen LogP contribution in [0.15, 0.2) is 17.5 Å². The van der Waals surface area contributed by atoms with Crippen molar-refractivity contribution in [1.29, 1.82) is 0 Å². The highest BCUT2D eigenvalue weighted by Crippen LogP contribution is 2.39. The van der Waals surface area contributed by atoms with Crippen molar-refractivity contribution in [3.05, 3.63) is 34.0 Å². The molecule has 7 heteroatoms. The van der Waals surface area contributed by atoms with Gasteiger partial charge in [0.25, 0.3) is 5.91 Å². The molecular weight excluding hydrogens is 358 g/mol.